The molecule has 0 fully saturated rings. The maximum atomic E-state index is 10.4. The normalized spacial score (nSPS) is 12.5. The number of hydrogen-bond donors (Lipinski definition) is 1. The van der Waals surface area contributed by atoms with Gasteiger partial charge in [0, 0.05) is 17.8 Å². The van der Waals surface area contributed by atoms with Crippen molar-refractivity contribution in [2.24, 2.45) is 5.73 Å². The van der Waals surface area contributed by atoms with Gasteiger partial charge in [-0.15, -0.1) is 0 Å². The molecule has 1 heterocycles. The van der Waals surface area contributed by atoms with Gasteiger partial charge in [-0.1, -0.05) is 6.92 Å². The summed E-state index contributed by atoms with van der Waals surface area (Å²) in [5.74, 6) is 0. The molecule has 64 valence electrons. The van der Waals surface area contributed by atoms with Crippen molar-refractivity contribution >= 4 is 6.29 Å². The number of carbonyl (C=O) groups is 1. The second-order valence-corrected chi connectivity index (χ2v) is 2.65. The van der Waals surface area contributed by atoms with Gasteiger partial charge in [-0.25, -0.2) is 0 Å². The van der Waals surface area contributed by atoms with E-state index in [0.717, 1.165) is 18.4 Å². The molecule has 0 aromatic carbocycles. The molecule has 0 aliphatic rings. The Labute approximate surface area is 71.6 Å². The summed E-state index contributed by atoms with van der Waals surface area (Å²) in [5.41, 5.74) is 7.15. The molecule has 1 aromatic heterocycles. The summed E-state index contributed by atoms with van der Waals surface area (Å²) in [6, 6.07) is 3.32. The molecular weight excluding hydrogens is 152 g/mol. The van der Waals surface area contributed by atoms with Crippen LogP contribution in [0.4, 0.5) is 0 Å². The Morgan fingerprint density at radius 3 is 3.08 bits per heavy atom. The van der Waals surface area contributed by atoms with E-state index in [1.54, 1.807) is 18.3 Å². The van der Waals surface area contributed by atoms with Crippen molar-refractivity contribution in [2.75, 3.05) is 0 Å². The monoisotopic (exact) mass is 164 g/mol. The Morgan fingerprint density at radius 2 is 2.50 bits per heavy atom. The van der Waals surface area contributed by atoms with Crippen LogP contribution in [0.5, 0.6) is 0 Å². The predicted octanol–water partition coefficient (Wildman–Crippen LogP) is 1.30. The van der Waals surface area contributed by atoms with Crippen LogP contribution in [0.2, 0.25) is 0 Å². The van der Waals surface area contributed by atoms with Crippen LogP contribution in [0.15, 0.2) is 18.3 Å². The maximum absolute atomic E-state index is 10.4. The number of carbonyl (C=O) groups excluding carboxylic acids is 1. The number of hydrogen-bond acceptors (Lipinski definition) is 3. The number of pyridine rings is 1. The third-order valence-corrected chi connectivity index (χ3v) is 1.76. The van der Waals surface area contributed by atoms with Gasteiger partial charge < -0.3 is 5.73 Å². The Hall–Kier alpha value is -1.22. The molecule has 12 heavy (non-hydrogen) atoms. The summed E-state index contributed by atoms with van der Waals surface area (Å²) in [6.07, 6.45) is 3.23. The lowest BCUT2D eigenvalue weighted by Gasteiger charge is -2.07. The van der Waals surface area contributed by atoms with E-state index in [0.29, 0.717) is 5.56 Å². The quantitative estimate of drug-likeness (QED) is 0.685. The second kappa shape index (κ2) is 3.97. The van der Waals surface area contributed by atoms with E-state index in [9.17, 15) is 4.79 Å². The first-order chi connectivity index (χ1) is 5.77. The highest BCUT2D eigenvalue weighted by Crippen LogP contribution is 2.10. The molecule has 2 N–H and O–H groups in total. The molecular formula is C9H12N2O. The Kier molecular flexibility index (Phi) is 2.94. The molecule has 1 atom stereocenters. The summed E-state index contributed by atoms with van der Waals surface area (Å²) in [4.78, 5) is 14.5. The van der Waals surface area contributed by atoms with Crippen molar-refractivity contribution < 1.29 is 4.79 Å². The summed E-state index contributed by atoms with van der Waals surface area (Å²) in [5, 5.41) is 0. The number of rotatable bonds is 3. The SMILES string of the molecule is CC[C@H](N)c1cc(C=O)ccn1. The average molecular weight is 164 g/mol. The van der Waals surface area contributed by atoms with Crippen molar-refractivity contribution in [3.05, 3.63) is 29.6 Å². The van der Waals surface area contributed by atoms with Gasteiger partial charge in [-0.2, -0.15) is 0 Å². The topological polar surface area (TPSA) is 56.0 Å². The highest BCUT2D eigenvalue weighted by Gasteiger charge is 2.04. The highest BCUT2D eigenvalue weighted by atomic mass is 16.1. The van der Waals surface area contributed by atoms with Gasteiger partial charge in [0.1, 0.15) is 6.29 Å². The van der Waals surface area contributed by atoms with Crippen molar-refractivity contribution in [3.8, 4) is 0 Å². The van der Waals surface area contributed by atoms with Crippen molar-refractivity contribution in [3.63, 3.8) is 0 Å². The highest BCUT2D eigenvalue weighted by molar-refractivity contribution is 5.74. The first-order valence-corrected chi connectivity index (χ1v) is 3.94. The number of nitrogens with two attached hydrogens (primary N) is 1. The minimum Gasteiger partial charge on any atom is -0.323 e. The summed E-state index contributed by atoms with van der Waals surface area (Å²) < 4.78 is 0. The molecule has 0 aliphatic heterocycles. The van der Waals surface area contributed by atoms with Crippen LogP contribution in [0.3, 0.4) is 0 Å². The average Bonchev–Trinajstić information content (AvgIpc) is 2.17. The zero-order valence-corrected chi connectivity index (χ0v) is 7.03. The van der Waals surface area contributed by atoms with Gasteiger partial charge in [0.15, 0.2) is 0 Å². The molecule has 0 bridgehead atoms. The van der Waals surface area contributed by atoms with Crippen LogP contribution in [0.25, 0.3) is 0 Å². The maximum Gasteiger partial charge on any atom is 0.150 e. The van der Waals surface area contributed by atoms with Gasteiger partial charge >= 0.3 is 0 Å². The molecule has 0 saturated carbocycles. The molecule has 3 heteroatoms. The number of aldehydes is 1. The van der Waals surface area contributed by atoms with Gasteiger partial charge in [0.2, 0.25) is 0 Å². The van der Waals surface area contributed by atoms with E-state index >= 15 is 0 Å². The van der Waals surface area contributed by atoms with Crippen molar-refractivity contribution in [1.29, 1.82) is 0 Å². The van der Waals surface area contributed by atoms with Crippen LogP contribution in [-0.2, 0) is 0 Å². The molecule has 1 aromatic rings. The summed E-state index contributed by atoms with van der Waals surface area (Å²) in [7, 11) is 0. The zero-order valence-electron chi connectivity index (χ0n) is 7.03. The molecule has 0 unspecified atom stereocenters. The van der Waals surface area contributed by atoms with E-state index in [1.165, 1.54) is 0 Å². The van der Waals surface area contributed by atoms with Gasteiger partial charge in [-0.3, -0.25) is 9.78 Å². The third kappa shape index (κ3) is 1.89. The number of aromatic nitrogens is 1. The van der Waals surface area contributed by atoms with Crippen LogP contribution in [-0.4, -0.2) is 11.3 Å². The smallest absolute Gasteiger partial charge is 0.150 e. The van der Waals surface area contributed by atoms with Crippen LogP contribution < -0.4 is 5.73 Å². The minimum absolute atomic E-state index is 0.0649. The minimum atomic E-state index is -0.0649. The van der Waals surface area contributed by atoms with Crippen LogP contribution in [0, 0.1) is 0 Å². The van der Waals surface area contributed by atoms with Gasteiger partial charge in [0.25, 0.3) is 0 Å². The fourth-order valence-corrected chi connectivity index (χ4v) is 0.951. The van der Waals surface area contributed by atoms with Crippen molar-refractivity contribution in [1.82, 2.24) is 4.98 Å². The Bertz CT molecular complexity index is 273. The largest absolute Gasteiger partial charge is 0.323 e. The van der Waals surface area contributed by atoms with E-state index in [-0.39, 0.29) is 6.04 Å². The number of nitrogens with zero attached hydrogens (tertiary/aromatic N) is 1. The zero-order chi connectivity index (χ0) is 8.97. The molecule has 0 saturated heterocycles. The fraction of sp³-hybridized carbons (Fsp3) is 0.333. The molecule has 0 aliphatic carbocycles. The second-order valence-electron chi connectivity index (χ2n) is 2.65. The van der Waals surface area contributed by atoms with E-state index in [4.69, 9.17) is 5.73 Å². The van der Waals surface area contributed by atoms with Crippen molar-refractivity contribution in [2.45, 2.75) is 19.4 Å². The fourth-order valence-electron chi connectivity index (χ4n) is 0.951. The summed E-state index contributed by atoms with van der Waals surface area (Å²) in [6.45, 7) is 1.99. The van der Waals surface area contributed by atoms with Gasteiger partial charge in [-0.05, 0) is 18.6 Å². The Morgan fingerprint density at radius 1 is 1.75 bits per heavy atom. The third-order valence-electron chi connectivity index (χ3n) is 1.76. The molecule has 0 radical (unpaired) electrons. The van der Waals surface area contributed by atoms with Crippen LogP contribution in [0.1, 0.15) is 35.4 Å². The predicted molar refractivity (Wildman–Crippen MR) is 46.8 cm³/mol. The van der Waals surface area contributed by atoms with E-state index in [2.05, 4.69) is 4.98 Å². The molecule has 1 rings (SSSR count). The first-order valence-electron chi connectivity index (χ1n) is 3.94. The van der Waals surface area contributed by atoms with Crippen LogP contribution >= 0.6 is 0 Å². The first kappa shape index (κ1) is 8.87. The molecule has 0 spiro atoms. The lowest BCUT2D eigenvalue weighted by Crippen LogP contribution is -2.10. The Balaban J connectivity index is 2.93. The standard InChI is InChI=1S/C9H12N2O/c1-2-8(10)9-5-7(6-12)3-4-11-9/h3-6,8H,2,10H2,1H3/t8-/m0/s1. The lowest BCUT2D eigenvalue weighted by molar-refractivity contribution is 0.112. The molecule has 0 amide bonds. The van der Waals surface area contributed by atoms with Gasteiger partial charge in [0.05, 0.1) is 5.69 Å². The van der Waals surface area contributed by atoms with E-state index in [1.807, 2.05) is 6.92 Å². The molecule has 3 nitrogen and oxygen atoms in total. The summed E-state index contributed by atoms with van der Waals surface area (Å²) >= 11 is 0. The van der Waals surface area contributed by atoms with E-state index < -0.39 is 0 Å². The lowest BCUT2D eigenvalue weighted by atomic mass is 10.1.